The third-order valence-corrected chi connectivity index (χ3v) is 2.55. The topological polar surface area (TPSA) is 190 Å². The molecule has 0 aliphatic rings. The molecule has 10 nitrogen and oxygen atoms in total. The van der Waals surface area contributed by atoms with Crippen LogP contribution >= 0.6 is 0 Å². The zero-order valence-electron chi connectivity index (χ0n) is 12.5. The summed E-state index contributed by atoms with van der Waals surface area (Å²) >= 11 is 0. The number of hydrogen-bond acceptors (Lipinski definition) is 7. The lowest BCUT2D eigenvalue weighted by Gasteiger charge is -2.26. The van der Waals surface area contributed by atoms with Gasteiger partial charge in [-0.1, -0.05) is 13.8 Å². The van der Waals surface area contributed by atoms with Crippen molar-refractivity contribution in [2.75, 3.05) is 19.8 Å². The van der Waals surface area contributed by atoms with Crippen LogP contribution in [0.2, 0.25) is 0 Å². The standard InChI is InChI=1S/C9H17NO5.C3H7NO3/c1-9(2,5-11)7(14)8(15)10-4-3-6(12)13;4-2(1-5)3(6)7/h7,11,14H,3-5H2,1-2H3,(H,10,15)(H,12,13);2,5H,1,4H2,(H,6,7). The van der Waals surface area contributed by atoms with Crippen molar-refractivity contribution in [2.24, 2.45) is 11.1 Å². The number of carboxylic acid groups (broad SMARTS) is 2. The van der Waals surface area contributed by atoms with Gasteiger partial charge < -0.3 is 36.6 Å². The summed E-state index contributed by atoms with van der Waals surface area (Å²) in [6.07, 6.45) is -1.55. The van der Waals surface area contributed by atoms with Gasteiger partial charge in [-0.3, -0.25) is 14.4 Å². The van der Waals surface area contributed by atoms with Gasteiger partial charge in [0.15, 0.2) is 0 Å². The highest BCUT2D eigenvalue weighted by Crippen LogP contribution is 2.19. The highest BCUT2D eigenvalue weighted by Gasteiger charge is 2.32. The molecule has 0 aromatic rings. The average molecular weight is 324 g/mol. The fraction of sp³-hybridized carbons (Fsp3) is 0.750. The maximum atomic E-state index is 11.3. The van der Waals surface area contributed by atoms with Crippen LogP contribution < -0.4 is 11.1 Å². The summed E-state index contributed by atoms with van der Waals surface area (Å²) in [5, 5.41) is 44.9. The van der Waals surface area contributed by atoms with Gasteiger partial charge in [0.05, 0.1) is 19.6 Å². The van der Waals surface area contributed by atoms with Crippen LogP contribution in [0.25, 0.3) is 0 Å². The fourth-order valence-electron chi connectivity index (χ4n) is 0.909. The first kappa shape index (κ1) is 22.5. The molecule has 0 spiro atoms. The lowest BCUT2D eigenvalue weighted by atomic mass is 9.87. The van der Waals surface area contributed by atoms with E-state index < -0.39 is 42.0 Å². The van der Waals surface area contributed by atoms with Crippen molar-refractivity contribution < 1.29 is 39.9 Å². The highest BCUT2D eigenvalue weighted by atomic mass is 16.4. The third kappa shape index (κ3) is 10.0. The molecule has 1 amide bonds. The van der Waals surface area contributed by atoms with E-state index in [1.54, 1.807) is 0 Å². The Labute approximate surface area is 127 Å². The Kier molecular flexibility index (Phi) is 11.2. The smallest absolute Gasteiger partial charge is 0.322 e. The number of nitrogens with one attached hydrogen (secondary N) is 1. The molecule has 0 saturated heterocycles. The lowest BCUT2D eigenvalue weighted by Crippen LogP contribution is -2.45. The molecular formula is C12H24N2O8. The number of hydrogen-bond donors (Lipinski definition) is 7. The van der Waals surface area contributed by atoms with E-state index >= 15 is 0 Å². The van der Waals surface area contributed by atoms with Crippen molar-refractivity contribution in [2.45, 2.75) is 32.4 Å². The van der Waals surface area contributed by atoms with Gasteiger partial charge >= 0.3 is 11.9 Å². The van der Waals surface area contributed by atoms with Gasteiger partial charge in [-0.05, 0) is 0 Å². The molecule has 0 aliphatic carbocycles. The largest absolute Gasteiger partial charge is 0.481 e. The number of nitrogens with two attached hydrogens (primary N) is 1. The normalized spacial score (nSPS) is 13.4. The summed E-state index contributed by atoms with van der Waals surface area (Å²) in [4.78, 5) is 31.1. The molecule has 0 saturated carbocycles. The summed E-state index contributed by atoms with van der Waals surface area (Å²) in [5.74, 6) is -2.87. The van der Waals surface area contributed by atoms with Crippen LogP contribution in [-0.2, 0) is 14.4 Å². The van der Waals surface area contributed by atoms with Crippen LogP contribution in [0.4, 0.5) is 0 Å². The highest BCUT2D eigenvalue weighted by molar-refractivity contribution is 5.81. The monoisotopic (exact) mass is 324 g/mol. The first-order chi connectivity index (χ1) is 9.99. The molecule has 0 bridgehead atoms. The first-order valence-corrected chi connectivity index (χ1v) is 6.37. The van der Waals surface area contributed by atoms with Crippen LogP contribution in [0, 0.1) is 5.41 Å². The number of aliphatic hydroxyl groups is 3. The molecule has 2 atom stereocenters. The quantitative estimate of drug-likeness (QED) is 0.250. The zero-order valence-corrected chi connectivity index (χ0v) is 12.5. The van der Waals surface area contributed by atoms with Gasteiger partial charge in [-0.25, -0.2) is 0 Å². The van der Waals surface area contributed by atoms with E-state index in [-0.39, 0.29) is 19.6 Å². The summed E-state index contributed by atoms with van der Waals surface area (Å²) in [5.41, 5.74) is 3.83. The maximum Gasteiger partial charge on any atom is 0.322 e. The Morgan fingerprint density at radius 2 is 1.68 bits per heavy atom. The van der Waals surface area contributed by atoms with E-state index in [9.17, 15) is 19.5 Å². The molecule has 0 aromatic heterocycles. The molecule has 0 heterocycles. The van der Waals surface area contributed by atoms with Crippen LogP contribution in [0.3, 0.4) is 0 Å². The van der Waals surface area contributed by atoms with E-state index in [1.807, 2.05) is 0 Å². The van der Waals surface area contributed by atoms with Crippen molar-refractivity contribution in [3.63, 3.8) is 0 Å². The van der Waals surface area contributed by atoms with Crippen LogP contribution in [-0.4, -0.2) is 75.3 Å². The molecular weight excluding hydrogens is 300 g/mol. The number of carbonyl (C=O) groups excluding carboxylic acids is 1. The van der Waals surface area contributed by atoms with E-state index in [0.29, 0.717) is 0 Å². The average Bonchev–Trinajstić information content (AvgIpc) is 2.45. The first-order valence-electron chi connectivity index (χ1n) is 6.37. The van der Waals surface area contributed by atoms with Crippen molar-refractivity contribution in [1.29, 1.82) is 0 Å². The Hall–Kier alpha value is -1.75. The Balaban J connectivity index is 0. The Bertz CT molecular complexity index is 372. The Morgan fingerprint density at radius 1 is 1.18 bits per heavy atom. The fourth-order valence-corrected chi connectivity index (χ4v) is 0.909. The van der Waals surface area contributed by atoms with Gasteiger partial charge in [0, 0.05) is 12.0 Å². The number of carbonyl (C=O) groups is 3. The zero-order chi connectivity index (χ0) is 17.9. The molecule has 0 aromatic carbocycles. The summed E-state index contributed by atoms with van der Waals surface area (Å²) in [6.45, 7) is 2.20. The number of aliphatic carboxylic acids is 2. The SMILES string of the molecule is CC(C)(CO)C(O)C(=O)NCCC(=O)O.NC(CO)C(=O)O. The number of aliphatic hydroxyl groups excluding tert-OH is 3. The second kappa shape index (κ2) is 10.9. The second-order valence-corrected chi connectivity index (χ2v) is 5.11. The number of rotatable bonds is 8. The molecule has 22 heavy (non-hydrogen) atoms. The van der Waals surface area contributed by atoms with Crippen molar-refractivity contribution in [3.05, 3.63) is 0 Å². The number of amides is 1. The van der Waals surface area contributed by atoms with Crippen LogP contribution in [0.1, 0.15) is 20.3 Å². The van der Waals surface area contributed by atoms with E-state index in [2.05, 4.69) is 5.32 Å². The van der Waals surface area contributed by atoms with Crippen molar-refractivity contribution in [3.8, 4) is 0 Å². The predicted molar refractivity (Wildman–Crippen MR) is 74.8 cm³/mol. The van der Waals surface area contributed by atoms with Crippen molar-refractivity contribution in [1.82, 2.24) is 5.32 Å². The van der Waals surface area contributed by atoms with Gasteiger partial charge in [-0.15, -0.1) is 0 Å². The van der Waals surface area contributed by atoms with E-state index in [4.69, 9.17) is 26.2 Å². The molecule has 0 fully saturated rings. The van der Waals surface area contributed by atoms with Gasteiger partial charge in [-0.2, -0.15) is 0 Å². The summed E-state index contributed by atoms with van der Waals surface area (Å²) < 4.78 is 0. The minimum Gasteiger partial charge on any atom is -0.481 e. The van der Waals surface area contributed by atoms with Gasteiger partial charge in [0.25, 0.3) is 0 Å². The van der Waals surface area contributed by atoms with E-state index in [1.165, 1.54) is 13.8 Å². The van der Waals surface area contributed by atoms with Crippen molar-refractivity contribution >= 4 is 17.8 Å². The van der Waals surface area contributed by atoms with E-state index in [0.717, 1.165) is 0 Å². The summed E-state index contributed by atoms with van der Waals surface area (Å²) in [6, 6.07) is -1.13. The molecule has 130 valence electrons. The van der Waals surface area contributed by atoms with Gasteiger partial charge in [0.2, 0.25) is 5.91 Å². The lowest BCUT2D eigenvalue weighted by molar-refractivity contribution is -0.140. The molecule has 0 rings (SSSR count). The summed E-state index contributed by atoms with van der Waals surface area (Å²) in [7, 11) is 0. The third-order valence-electron chi connectivity index (χ3n) is 2.55. The molecule has 10 heteroatoms. The molecule has 0 radical (unpaired) electrons. The molecule has 2 unspecified atom stereocenters. The van der Waals surface area contributed by atoms with Crippen LogP contribution in [0.15, 0.2) is 0 Å². The predicted octanol–water partition coefficient (Wildman–Crippen LogP) is -2.65. The molecule has 0 aliphatic heterocycles. The maximum absolute atomic E-state index is 11.3. The number of carboxylic acids is 2. The van der Waals surface area contributed by atoms with Crippen LogP contribution in [0.5, 0.6) is 0 Å². The Morgan fingerprint density at radius 3 is 1.95 bits per heavy atom. The minimum absolute atomic E-state index is 0.0350. The van der Waals surface area contributed by atoms with Gasteiger partial charge in [0.1, 0.15) is 12.1 Å². The minimum atomic E-state index is -1.35. The molecule has 8 N–H and O–H groups in total. The second-order valence-electron chi connectivity index (χ2n) is 5.11.